The number of urea groups is 1. The van der Waals surface area contributed by atoms with E-state index in [4.69, 9.17) is 4.74 Å². The summed E-state index contributed by atoms with van der Waals surface area (Å²) in [5, 5.41) is 5.60. The van der Waals surface area contributed by atoms with Crippen molar-refractivity contribution in [2.24, 2.45) is 0 Å². The average molecular weight is 368 g/mol. The molecule has 0 saturated heterocycles. The average Bonchev–Trinajstić information content (AvgIpc) is 3.06. The summed E-state index contributed by atoms with van der Waals surface area (Å²) in [6.45, 7) is 1.41. The van der Waals surface area contributed by atoms with E-state index in [2.05, 4.69) is 10.6 Å². The Morgan fingerprint density at radius 2 is 1.69 bits per heavy atom. The minimum absolute atomic E-state index is 0.402. The fourth-order valence-electron chi connectivity index (χ4n) is 2.25. The highest BCUT2D eigenvalue weighted by Gasteiger charge is 2.22. The fourth-order valence-corrected chi connectivity index (χ4v) is 3.20. The van der Waals surface area contributed by atoms with E-state index in [1.54, 1.807) is 30.3 Å². The van der Waals surface area contributed by atoms with E-state index in [1.807, 2.05) is 30.3 Å². The molecule has 3 amide bonds. The molecule has 1 atom stereocenters. The first-order valence-corrected chi connectivity index (χ1v) is 8.71. The molecule has 1 heterocycles. The number of hydrogen-bond acceptors (Lipinski definition) is 5. The lowest BCUT2D eigenvalue weighted by atomic mass is 10.2. The van der Waals surface area contributed by atoms with Crippen LogP contribution in [0.2, 0.25) is 0 Å². The van der Waals surface area contributed by atoms with E-state index >= 15 is 0 Å². The number of carbonyl (C=O) groups is 3. The van der Waals surface area contributed by atoms with Crippen LogP contribution in [0.25, 0.3) is 10.1 Å². The van der Waals surface area contributed by atoms with E-state index in [1.165, 1.54) is 18.3 Å². The molecule has 0 spiro atoms. The Morgan fingerprint density at radius 1 is 1.00 bits per heavy atom. The predicted molar refractivity (Wildman–Crippen MR) is 100 cm³/mol. The van der Waals surface area contributed by atoms with Crippen LogP contribution in [-0.4, -0.2) is 24.0 Å². The molecular weight excluding hydrogens is 352 g/mol. The topological polar surface area (TPSA) is 84.5 Å². The van der Waals surface area contributed by atoms with Gasteiger partial charge in [-0.25, -0.2) is 9.59 Å². The first-order chi connectivity index (χ1) is 12.5. The number of esters is 1. The summed E-state index contributed by atoms with van der Waals surface area (Å²) in [5.41, 5.74) is 0.549. The number of carbonyl (C=O) groups excluding carboxylic acids is 3. The van der Waals surface area contributed by atoms with Gasteiger partial charge in [0.05, 0.1) is 0 Å². The maximum Gasteiger partial charge on any atom is 0.349 e. The van der Waals surface area contributed by atoms with Crippen molar-refractivity contribution >= 4 is 45.0 Å². The number of amides is 3. The van der Waals surface area contributed by atoms with Crippen LogP contribution in [0.1, 0.15) is 16.6 Å². The number of nitrogens with one attached hydrogen (secondary N) is 2. The van der Waals surface area contributed by atoms with Gasteiger partial charge in [0.25, 0.3) is 5.91 Å². The third-order valence-electron chi connectivity index (χ3n) is 3.55. The zero-order valence-corrected chi connectivity index (χ0v) is 14.7. The van der Waals surface area contributed by atoms with Gasteiger partial charge in [0.1, 0.15) is 4.88 Å². The Kier molecular flexibility index (Phi) is 5.28. The van der Waals surface area contributed by atoms with Crippen molar-refractivity contribution in [2.45, 2.75) is 13.0 Å². The third-order valence-corrected chi connectivity index (χ3v) is 4.64. The number of hydrogen-bond donors (Lipinski definition) is 2. The third kappa shape index (κ3) is 4.25. The maximum atomic E-state index is 12.2. The van der Waals surface area contributed by atoms with Crippen LogP contribution in [0.15, 0.2) is 60.7 Å². The lowest BCUT2D eigenvalue weighted by Crippen LogP contribution is -2.41. The second-order valence-electron chi connectivity index (χ2n) is 5.51. The summed E-state index contributed by atoms with van der Waals surface area (Å²) in [5.74, 6) is -1.30. The number of benzene rings is 2. The number of fused-ring (bicyclic) bond motifs is 1. The lowest BCUT2D eigenvalue weighted by Gasteiger charge is -2.12. The van der Waals surface area contributed by atoms with Crippen molar-refractivity contribution < 1.29 is 19.1 Å². The molecular formula is C19H16N2O4S. The normalized spacial score (nSPS) is 11.6. The van der Waals surface area contributed by atoms with Gasteiger partial charge >= 0.3 is 12.0 Å². The van der Waals surface area contributed by atoms with Gasteiger partial charge in [-0.15, -0.1) is 11.3 Å². The second-order valence-corrected chi connectivity index (χ2v) is 6.59. The monoisotopic (exact) mass is 368 g/mol. The van der Waals surface area contributed by atoms with Gasteiger partial charge in [-0.05, 0) is 36.6 Å². The fraction of sp³-hybridized carbons (Fsp3) is 0.105. The summed E-state index contributed by atoms with van der Waals surface area (Å²) in [4.78, 5) is 36.5. The summed E-state index contributed by atoms with van der Waals surface area (Å²) in [6, 6.07) is 17.3. The molecule has 0 bridgehead atoms. The van der Waals surface area contributed by atoms with Crippen molar-refractivity contribution in [1.29, 1.82) is 0 Å². The zero-order chi connectivity index (χ0) is 18.5. The number of thiophene rings is 1. The predicted octanol–water partition coefficient (Wildman–Crippen LogP) is 3.79. The van der Waals surface area contributed by atoms with Crippen molar-refractivity contribution in [3.63, 3.8) is 0 Å². The van der Waals surface area contributed by atoms with Gasteiger partial charge in [-0.1, -0.05) is 36.4 Å². The molecule has 3 aromatic rings. The molecule has 0 fully saturated rings. The Morgan fingerprint density at radius 3 is 2.42 bits per heavy atom. The Balaban J connectivity index is 1.56. The number of imide groups is 1. The van der Waals surface area contributed by atoms with Gasteiger partial charge < -0.3 is 10.1 Å². The molecule has 0 aliphatic carbocycles. The summed E-state index contributed by atoms with van der Waals surface area (Å²) in [6.07, 6.45) is -1.10. The van der Waals surface area contributed by atoms with Crippen LogP contribution in [0.3, 0.4) is 0 Å². The highest BCUT2D eigenvalue weighted by molar-refractivity contribution is 7.20. The molecule has 3 rings (SSSR count). The van der Waals surface area contributed by atoms with Crippen LogP contribution < -0.4 is 10.6 Å². The molecule has 0 saturated carbocycles. The smallest absolute Gasteiger partial charge is 0.349 e. The number of rotatable bonds is 4. The summed E-state index contributed by atoms with van der Waals surface area (Å²) < 4.78 is 6.12. The molecule has 0 radical (unpaired) electrons. The van der Waals surface area contributed by atoms with E-state index in [-0.39, 0.29) is 0 Å². The van der Waals surface area contributed by atoms with Gasteiger partial charge in [-0.3, -0.25) is 10.1 Å². The highest BCUT2D eigenvalue weighted by atomic mass is 32.1. The molecule has 0 aliphatic heterocycles. The molecule has 1 unspecified atom stereocenters. The Hall–Kier alpha value is -3.19. The van der Waals surface area contributed by atoms with Crippen LogP contribution in [0.5, 0.6) is 0 Å². The minimum atomic E-state index is -1.10. The van der Waals surface area contributed by atoms with Crippen molar-refractivity contribution in [2.75, 3.05) is 5.32 Å². The molecule has 7 heteroatoms. The van der Waals surface area contributed by atoms with Crippen LogP contribution in [-0.2, 0) is 9.53 Å². The molecule has 2 aromatic carbocycles. The Bertz CT molecular complexity index is 919. The van der Waals surface area contributed by atoms with Crippen LogP contribution in [0.4, 0.5) is 10.5 Å². The quantitative estimate of drug-likeness (QED) is 0.686. The van der Waals surface area contributed by atoms with Crippen LogP contribution >= 0.6 is 11.3 Å². The van der Waals surface area contributed by atoms with E-state index in [9.17, 15) is 14.4 Å². The van der Waals surface area contributed by atoms with E-state index in [0.717, 1.165) is 10.1 Å². The second kappa shape index (κ2) is 7.79. The van der Waals surface area contributed by atoms with Crippen LogP contribution in [0, 0.1) is 0 Å². The highest BCUT2D eigenvalue weighted by Crippen LogP contribution is 2.26. The number of para-hydroxylation sites is 1. The molecule has 1 aromatic heterocycles. The molecule has 132 valence electrons. The first-order valence-electron chi connectivity index (χ1n) is 7.89. The first kappa shape index (κ1) is 17.6. The van der Waals surface area contributed by atoms with Gasteiger partial charge in [-0.2, -0.15) is 0 Å². The standard InChI is InChI=1S/C19H16N2O4S/c1-12(17(22)21-19(24)20-14-8-3-2-4-9-14)25-18(23)16-11-13-7-5-6-10-15(13)26-16/h2-12H,1H3,(H2,20,21,22,24). The number of ether oxygens (including phenoxy) is 1. The molecule has 0 aliphatic rings. The van der Waals surface area contributed by atoms with Gasteiger partial charge in [0.15, 0.2) is 6.10 Å². The summed E-state index contributed by atoms with van der Waals surface area (Å²) >= 11 is 1.29. The van der Waals surface area contributed by atoms with Gasteiger partial charge in [0.2, 0.25) is 0 Å². The maximum absolute atomic E-state index is 12.2. The van der Waals surface area contributed by atoms with Crippen molar-refractivity contribution in [3.05, 3.63) is 65.5 Å². The van der Waals surface area contributed by atoms with E-state index in [0.29, 0.717) is 10.6 Å². The SMILES string of the molecule is CC(OC(=O)c1cc2ccccc2s1)C(=O)NC(=O)Nc1ccccc1. The van der Waals surface area contributed by atoms with Crippen molar-refractivity contribution in [1.82, 2.24) is 5.32 Å². The molecule has 6 nitrogen and oxygen atoms in total. The molecule has 2 N–H and O–H groups in total. The summed E-state index contributed by atoms with van der Waals surface area (Å²) in [7, 11) is 0. The Labute approximate surface area is 153 Å². The minimum Gasteiger partial charge on any atom is -0.448 e. The van der Waals surface area contributed by atoms with Crippen molar-refractivity contribution in [3.8, 4) is 0 Å². The largest absolute Gasteiger partial charge is 0.448 e. The van der Waals surface area contributed by atoms with Gasteiger partial charge in [0, 0.05) is 10.4 Å². The zero-order valence-electron chi connectivity index (χ0n) is 13.9. The molecule has 26 heavy (non-hydrogen) atoms. The van der Waals surface area contributed by atoms with E-state index < -0.39 is 24.0 Å². The lowest BCUT2D eigenvalue weighted by molar-refractivity contribution is -0.127. The number of anilines is 1.